The van der Waals surface area contributed by atoms with Crippen LogP contribution in [0.3, 0.4) is 0 Å². The zero-order valence-corrected chi connectivity index (χ0v) is 23.3. The third kappa shape index (κ3) is 7.02. The Kier molecular flexibility index (Phi) is 8.13. The number of sulfonamides is 1. The summed E-state index contributed by atoms with van der Waals surface area (Å²) in [6.07, 6.45) is -2.11. The normalized spacial score (nSPS) is 12.9. The number of aryl methyl sites for hydroxylation is 1. The SMILES string of the molecule is Cn1nc(NS(C)(=O)=O)c2c(C(F)F)ccc(-c3ccc(C#CC(C)(C)O)nc3C(N)Cc3cc(F)cc(F)c3)c21. The first kappa shape index (κ1) is 30.0. The smallest absolute Gasteiger partial charge is 0.264 e. The molecule has 13 heteroatoms. The summed E-state index contributed by atoms with van der Waals surface area (Å²) in [4.78, 5) is 4.57. The molecular formula is C28H27F4N5O3S. The fourth-order valence-electron chi connectivity index (χ4n) is 4.44. The number of anilines is 1. The Morgan fingerprint density at radius 1 is 1.10 bits per heavy atom. The second kappa shape index (κ2) is 11.1. The predicted molar refractivity (Wildman–Crippen MR) is 148 cm³/mol. The molecule has 0 saturated heterocycles. The highest BCUT2D eigenvalue weighted by atomic mass is 32.2. The number of nitrogens with one attached hydrogen (secondary N) is 1. The highest BCUT2D eigenvalue weighted by molar-refractivity contribution is 7.92. The number of fused-ring (bicyclic) bond motifs is 1. The Hall–Kier alpha value is -3.99. The van der Waals surface area contributed by atoms with Crippen molar-refractivity contribution >= 4 is 26.7 Å². The first-order valence-electron chi connectivity index (χ1n) is 12.3. The summed E-state index contributed by atoms with van der Waals surface area (Å²) in [6, 6.07) is 7.81. The first-order chi connectivity index (χ1) is 19.0. The number of pyridine rings is 1. The van der Waals surface area contributed by atoms with Gasteiger partial charge >= 0.3 is 0 Å². The summed E-state index contributed by atoms with van der Waals surface area (Å²) in [7, 11) is -2.39. The van der Waals surface area contributed by atoms with Crippen LogP contribution in [0, 0.1) is 23.5 Å². The standard InChI is InChI=1S/C28H27F4N5O3S/c1-28(2,38)10-9-18-5-6-19(24(34-18)22(33)13-15-11-16(29)14-17(30)12-15)20-7-8-21(26(31)32)23-25(20)37(3)35-27(23)36-41(4,39)40/h5-8,11-12,14,22,26,38H,13,33H2,1-4H3,(H,35,36). The van der Waals surface area contributed by atoms with Crippen molar-refractivity contribution < 1.29 is 31.1 Å². The van der Waals surface area contributed by atoms with Crippen LogP contribution in [0.15, 0.2) is 42.5 Å². The van der Waals surface area contributed by atoms with E-state index in [9.17, 15) is 31.1 Å². The monoisotopic (exact) mass is 589 g/mol. The van der Waals surface area contributed by atoms with Gasteiger partial charge in [-0.25, -0.2) is 31.0 Å². The summed E-state index contributed by atoms with van der Waals surface area (Å²) in [6.45, 7) is 2.98. The first-order valence-corrected chi connectivity index (χ1v) is 14.1. The van der Waals surface area contributed by atoms with Gasteiger partial charge in [-0.15, -0.1) is 0 Å². The van der Waals surface area contributed by atoms with Crippen LogP contribution in [0.5, 0.6) is 0 Å². The molecule has 4 aromatic rings. The van der Waals surface area contributed by atoms with Gasteiger partial charge in [0.05, 0.1) is 28.9 Å². The number of nitrogens with zero attached hydrogens (tertiary/aromatic N) is 3. The van der Waals surface area contributed by atoms with Gasteiger partial charge in [-0.1, -0.05) is 18.1 Å². The van der Waals surface area contributed by atoms with E-state index < -0.39 is 45.3 Å². The average molecular weight is 590 g/mol. The predicted octanol–water partition coefficient (Wildman–Crippen LogP) is 4.59. The second-order valence-corrected chi connectivity index (χ2v) is 11.8. The number of aromatic nitrogens is 3. The van der Waals surface area contributed by atoms with E-state index in [1.54, 1.807) is 12.1 Å². The van der Waals surface area contributed by atoms with Crippen LogP contribution in [0.25, 0.3) is 22.0 Å². The number of hydrogen-bond acceptors (Lipinski definition) is 6. The van der Waals surface area contributed by atoms with E-state index in [1.807, 2.05) is 0 Å². The van der Waals surface area contributed by atoms with Crippen LogP contribution < -0.4 is 10.5 Å². The van der Waals surface area contributed by atoms with Crippen molar-refractivity contribution in [2.45, 2.75) is 38.3 Å². The van der Waals surface area contributed by atoms with Crippen LogP contribution in [-0.2, 0) is 23.5 Å². The zero-order chi connectivity index (χ0) is 30.3. The summed E-state index contributed by atoms with van der Waals surface area (Å²) in [5.74, 6) is 3.58. The lowest BCUT2D eigenvalue weighted by atomic mass is 9.93. The number of halogens is 4. The number of rotatable bonds is 7. The second-order valence-electron chi connectivity index (χ2n) is 10.1. The maximum Gasteiger partial charge on any atom is 0.264 e. The minimum absolute atomic E-state index is 0.0401. The molecule has 4 rings (SSSR count). The minimum atomic E-state index is -3.86. The average Bonchev–Trinajstić information content (AvgIpc) is 3.15. The molecule has 216 valence electrons. The van der Waals surface area contributed by atoms with Crippen LogP contribution in [0.4, 0.5) is 23.4 Å². The van der Waals surface area contributed by atoms with Gasteiger partial charge < -0.3 is 10.8 Å². The number of nitrogens with two attached hydrogens (primary N) is 1. The molecule has 0 aliphatic heterocycles. The Morgan fingerprint density at radius 3 is 2.32 bits per heavy atom. The Balaban J connectivity index is 1.97. The van der Waals surface area contributed by atoms with E-state index >= 15 is 0 Å². The van der Waals surface area contributed by atoms with E-state index in [-0.39, 0.29) is 40.1 Å². The molecule has 4 N–H and O–H groups in total. The molecule has 0 aliphatic rings. The van der Waals surface area contributed by atoms with Gasteiger partial charge in [0.25, 0.3) is 6.43 Å². The number of hydrogen-bond donors (Lipinski definition) is 3. The molecule has 0 bridgehead atoms. The maximum atomic E-state index is 14.1. The molecule has 41 heavy (non-hydrogen) atoms. The molecule has 8 nitrogen and oxygen atoms in total. The molecule has 0 spiro atoms. The van der Waals surface area contributed by atoms with Crippen LogP contribution >= 0.6 is 0 Å². The molecule has 0 amide bonds. The number of benzene rings is 2. The van der Waals surface area contributed by atoms with Crippen molar-refractivity contribution in [2.75, 3.05) is 11.0 Å². The van der Waals surface area contributed by atoms with Crippen molar-refractivity contribution in [3.63, 3.8) is 0 Å². The molecular weight excluding hydrogens is 562 g/mol. The van der Waals surface area contributed by atoms with Gasteiger partial charge in [0.1, 0.15) is 22.9 Å². The van der Waals surface area contributed by atoms with Gasteiger partial charge in [-0.3, -0.25) is 9.40 Å². The molecule has 0 fully saturated rings. The topological polar surface area (TPSA) is 123 Å². The third-order valence-electron chi connectivity index (χ3n) is 5.98. The summed E-state index contributed by atoms with van der Waals surface area (Å²) in [5.41, 5.74) is 6.39. The lowest BCUT2D eigenvalue weighted by molar-refractivity contribution is 0.143. The minimum Gasteiger partial charge on any atom is -0.378 e. The Labute approximate surface area is 234 Å². The fourth-order valence-corrected chi connectivity index (χ4v) is 4.93. The molecule has 0 saturated carbocycles. The van der Waals surface area contributed by atoms with Gasteiger partial charge in [0, 0.05) is 29.8 Å². The summed E-state index contributed by atoms with van der Waals surface area (Å²) >= 11 is 0. The fraction of sp³-hybridized carbons (Fsp3) is 0.286. The Bertz CT molecular complexity index is 1790. The van der Waals surface area contributed by atoms with Crippen molar-refractivity contribution in [2.24, 2.45) is 12.8 Å². The van der Waals surface area contributed by atoms with E-state index in [2.05, 4.69) is 26.6 Å². The molecule has 2 heterocycles. The number of alkyl halides is 2. The zero-order valence-electron chi connectivity index (χ0n) is 22.5. The molecule has 1 atom stereocenters. The molecule has 2 aromatic carbocycles. The summed E-state index contributed by atoms with van der Waals surface area (Å²) in [5, 5.41) is 14.1. The van der Waals surface area contributed by atoms with Crippen LogP contribution in [-0.4, -0.2) is 40.1 Å². The lowest BCUT2D eigenvalue weighted by Crippen LogP contribution is -2.18. The van der Waals surface area contributed by atoms with Crippen LogP contribution in [0.2, 0.25) is 0 Å². The van der Waals surface area contributed by atoms with Gasteiger partial charge in [-0.2, -0.15) is 5.10 Å². The molecule has 2 aromatic heterocycles. The highest BCUT2D eigenvalue weighted by Gasteiger charge is 2.26. The van der Waals surface area contributed by atoms with Crippen molar-refractivity contribution in [3.8, 4) is 23.0 Å². The molecule has 1 unspecified atom stereocenters. The Morgan fingerprint density at radius 2 is 1.73 bits per heavy atom. The van der Waals surface area contributed by atoms with Gasteiger partial charge in [0.15, 0.2) is 5.82 Å². The third-order valence-corrected chi connectivity index (χ3v) is 6.54. The quantitative estimate of drug-likeness (QED) is 0.214. The molecule has 0 radical (unpaired) electrons. The van der Waals surface area contributed by atoms with Crippen molar-refractivity contribution in [3.05, 3.63) is 76.6 Å². The van der Waals surface area contributed by atoms with E-state index in [1.165, 1.54) is 31.6 Å². The summed E-state index contributed by atoms with van der Waals surface area (Å²) < 4.78 is 83.3. The van der Waals surface area contributed by atoms with Crippen molar-refractivity contribution in [1.82, 2.24) is 14.8 Å². The van der Waals surface area contributed by atoms with Gasteiger partial charge in [0.2, 0.25) is 10.0 Å². The van der Waals surface area contributed by atoms with E-state index in [0.29, 0.717) is 11.1 Å². The largest absolute Gasteiger partial charge is 0.378 e. The lowest BCUT2D eigenvalue weighted by Gasteiger charge is -2.18. The van der Waals surface area contributed by atoms with E-state index in [4.69, 9.17) is 5.73 Å². The van der Waals surface area contributed by atoms with Crippen molar-refractivity contribution in [1.29, 1.82) is 0 Å². The van der Waals surface area contributed by atoms with Crippen LogP contribution in [0.1, 0.15) is 48.8 Å². The maximum absolute atomic E-state index is 14.1. The highest BCUT2D eigenvalue weighted by Crippen LogP contribution is 2.40. The molecule has 0 aliphatic carbocycles. The van der Waals surface area contributed by atoms with E-state index in [0.717, 1.165) is 30.5 Å². The van der Waals surface area contributed by atoms with Gasteiger partial charge in [-0.05, 0) is 56.0 Å². The number of aliphatic hydroxyl groups is 1.